The third-order valence-corrected chi connectivity index (χ3v) is 24.2. The first-order valence-electron chi connectivity index (χ1n) is 41.9. The maximum atomic E-state index is 12.5. The van der Waals surface area contributed by atoms with Gasteiger partial charge in [-0.05, 0) is 98.6 Å². The molecule has 5 fully saturated rings. The van der Waals surface area contributed by atoms with Crippen LogP contribution in [0.4, 0.5) is 24.0 Å². The van der Waals surface area contributed by atoms with Gasteiger partial charge in [-0.3, -0.25) is 48.5 Å². The maximum absolute atomic E-state index is 12.5. The summed E-state index contributed by atoms with van der Waals surface area (Å²) in [5.41, 5.74) is 11.4. The zero-order chi connectivity index (χ0) is 92.0. The number of hydrogen-bond donors (Lipinski definition) is 5. The summed E-state index contributed by atoms with van der Waals surface area (Å²) >= 11 is 7.99. The molecule has 0 unspecified atom stereocenters. The SMILES string of the molecule is C=CCOC(=O)c1ccc2c(c1)CN(C(=O)O[C@H]1CN[C@H](C(=O)OC)C1)C2.C=CCOc1ccc(Cl)c2c1CN(C(=O)O[C@H]1CN[C@H](C(=O)OC)C1)C2.C=CCOc1ccc2c(c1)CN(C(=O)O[C@H]1CN[C@H](C(=O)OC)C1)C2.C=CCSc1cccc2c1CN(C(=O)O[C@H]1CN[C@H](C(=O)OC)C1)C2.C=Cc1c2c(cc3c1OCO3)CN(C(=O)O[C@H]1CN[C@H](C(=O)OC)C1)C2. The molecule has 0 spiro atoms. The Kier molecular flexibility index (Phi) is 33.8. The molecule has 5 aromatic rings. The van der Waals surface area contributed by atoms with Gasteiger partial charge < -0.3 is 97.6 Å². The molecule has 5 N–H and O–H groups in total. The van der Waals surface area contributed by atoms with E-state index in [1.54, 1.807) is 78.8 Å². The fourth-order valence-corrected chi connectivity index (χ4v) is 17.3. The lowest BCUT2D eigenvalue weighted by Crippen LogP contribution is -2.31. The van der Waals surface area contributed by atoms with E-state index in [4.69, 9.17) is 77.9 Å². The van der Waals surface area contributed by atoms with E-state index in [0.717, 1.165) is 67.1 Å². The van der Waals surface area contributed by atoms with Crippen LogP contribution in [0.1, 0.15) is 104 Å². The van der Waals surface area contributed by atoms with Gasteiger partial charge in [0.2, 0.25) is 6.79 Å². The molecule has 11 heterocycles. The Morgan fingerprint density at radius 3 is 1.29 bits per heavy atom. The predicted molar refractivity (Wildman–Crippen MR) is 466 cm³/mol. The molecule has 5 amide bonds. The number of fused-ring (bicyclic) bond motifs is 6. The summed E-state index contributed by atoms with van der Waals surface area (Å²) in [6, 6.07) is 20.5. The first-order chi connectivity index (χ1) is 62.4. The Morgan fingerprint density at radius 1 is 0.419 bits per heavy atom. The summed E-state index contributed by atoms with van der Waals surface area (Å²) in [4.78, 5) is 141. The van der Waals surface area contributed by atoms with E-state index in [2.05, 4.69) is 70.3 Å². The molecular formula is C91H107ClN10O26S. The fourth-order valence-electron chi connectivity index (χ4n) is 16.2. The number of rotatable bonds is 23. The molecule has 38 heteroatoms. The average Bonchev–Trinajstić information content (AvgIpc) is 1.61. The topological polar surface area (TPSA) is 403 Å². The molecule has 10 atom stereocenters. The van der Waals surface area contributed by atoms with Crippen LogP contribution in [0.3, 0.4) is 0 Å². The van der Waals surface area contributed by atoms with E-state index in [0.29, 0.717) is 171 Å². The Morgan fingerprint density at radius 2 is 0.829 bits per heavy atom. The molecule has 0 aromatic heterocycles. The summed E-state index contributed by atoms with van der Waals surface area (Å²) < 4.78 is 78.4. The van der Waals surface area contributed by atoms with Crippen molar-refractivity contribution < 1.29 is 124 Å². The second-order valence-corrected chi connectivity index (χ2v) is 32.7. The van der Waals surface area contributed by atoms with Gasteiger partial charge in [0.15, 0.2) is 11.5 Å². The van der Waals surface area contributed by atoms with Crippen molar-refractivity contribution in [2.24, 2.45) is 0 Å². The van der Waals surface area contributed by atoms with Gasteiger partial charge >= 0.3 is 66.3 Å². The molecule has 11 aliphatic rings. The third-order valence-electron chi connectivity index (χ3n) is 22.8. The van der Waals surface area contributed by atoms with Crippen molar-refractivity contribution in [2.75, 3.05) is 101 Å². The van der Waals surface area contributed by atoms with Crippen molar-refractivity contribution in [2.45, 2.75) is 163 Å². The highest BCUT2D eigenvalue weighted by atomic mass is 35.5. The molecular weight excluding hydrogens is 1720 g/mol. The first kappa shape index (κ1) is 95.7. The largest absolute Gasteiger partial charge is 0.490 e. The molecule has 0 radical (unpaired) electrons. The summed E-state index contributed by atoms with van der Waals surface area (Å²) in [7, 11) is 6.70. The van der Waals surface area contributed by atoms with Gasteiger partial charge in [0.25, 0.3) is 0 Å². The van der Waals surface area contributed by atoms with E-state index < -0.39 is 54.5 Å². The van der Waals surface area contributed by atoms with E-state index in [1.165, 1.54) is 52.1 Å². The number of esters is 6. The highest BCUT2D eigenvalue weighted by Crippen LogP contribution is 2.44. The van der Waals surface area contributed by atoms with E-state index in [9.17, 15) is 52.7 Å². The number of nitrogens with one attached hydrogen (secondary N) is 5. The van der Waals surface area contributed by atoms with E-state index in [-0.39, 0.29) is 86.0 Å². The van der Waals surface area contributed by atoms with Gasteiger partial charge in [-0.15, -0.1) is 18.3 Å². The summed E-state index contributed by atoms with van der Waals surface area (Å²) in [6.07, 6.45) is 6.77. The predicted octanol–water partition coefficient (Wildman–Crippen LogP) is 8.99. The Bertz CT molecular complexity index is 5040. The van der Waals surface area contributed by atoms with Gasteiger partial charge in [-0.25, -0.2) is 28.8 Å². The molecule has 0 saturated carbocycles. The van der Waals surface area contributed by atoms with Crippen LogP contribution in [0.25, 0.3) is 6.08 Å². The minimum atomic E-state index is -0.451. The first-order valence-corrected chi connectivity index (χ1v) is 43.3. The van der Waals surface area contributed by atoms with Crippen molar-refractivity contribution in [1.29, 1.82) is 0 Å². The van der Waals surface area contributed by atoms with Crippen molar-refractivity contribution >= 4 is 95.7 Å². The number of carbonyl (C=O) groups is 11. The molecule has 5 saturated heterocycles. The van der Waals surface area contributed by atoms with Crippen LogP contribution in [0.2, 0.25) is 5.02 Å². The van der Waals surface area contributed by atoms with Crippen LogP contribution in [0, 0.1) is 0 Å². The second-order valence-electron chi connectivity index (χ2n) is 31.3. The van der Waals surface area contributed by atoms with Crippen LogP contribution in [-0.2, 0) is 142 Å². The quantitative estimate of drug-likeness (QED) is 0.0176. The fraction of sp³-hybridized carbons (Fsp3) is 0.440. The van der Waals surface area contributed by atoms with Crippen molar-refractivity contribution in [1.82, 2.24) is 51.1 Å². The molecule has 36 nitrogen and oxygen atoms in total. The van der Waals surface area contributed by atoms with Gasteiger partial charge in [-0.1, -0.05) is 92.6 Å². The third kappa shape index (κ3) is 24.3. The Balaban J connectivity index is 0.000000146. The zero-order valence-corrected chi connectivity index (χ0v) is 74.0. The van der Waals surface area contributed by atoms with E-state index >= 15 is 0 Å². The number of amides is 5. The highest BCUT2D eigenvalue weighted by molar-refractivity contribution is 7.99. The smallest absolute Gasteiger partial charge is 0.410 e. The highest BCUT2D eigenvalue weighted by Gasteiger charge is 2.42. The van der Waals surface area contributed by atoms with Crippen molar-refractivity contribution in [3.8, 4) is 23.0 Å². The number of thioether (sulfide) groups is 1. The maximum Gasteiger partial charge on any atom is 0.410 e. The number of ether oxygens (including phenoxy) is 15. The molecule has 0 bridgehead atoms. The standard InChI is InChI=1S/C19H22N2O6.C18H21ClN2O5.C18H20N2O6.C18H22N2O5.C18H22N2O4S/c1-3-6-26-17(22)12-4-5-13-10-21(11-14(13)7-12)19(24)27-15-8-16(20-9-15)18(23)25-2;1-3-6-25-16-5-4-14(19)12-9-21(10-13(12)16)18(23)26-11-7-15(20-8-11)17(22)24-2;1-3-12-13-8-20(7-10(13)4-15-16(12)25-9-24-15)18(22)26-11-5-14(19-6-11)17(21)23-2;1-3-6-24-14-5-4-12-10-20(11-13(12)7-14)18(22)25-15-8-16(19-9-15)17(21)23-2;1-3-7-25-16-6-4-5-12-10-20(11-14(12)16)18(22)24-13-8-15(19-9-13)17(21)23-2/h3-5,7,15-16,20H,1,6,8-11H2,2H3;3-5,11,15,20H,1,6-10H2,2H3;3-4,11,14,19H,1,5-9H2,2H3;3-5,7,15-16,19H,1,6,8-11H2,2H3;3-6,13,15,19H,1,7-11H2,2H3/t15-,16+;11-,15+;11-,14+;15-,16+;13-,15+/m11111/s1. The summed E-state index contributed by atoms with van der Waals surface area (Å²) in [5.74, 6) is 1.49. The summed E-state index contributed by atoms with van der Waals surface area (Å²) in [5, 5.41) is 15.6. The number of methoxy groups -OCH3 is 5. The normalized spacial score (nSPS) is 21.6. The van der Waals surface area contributed by atoms with Crippen LogP contribution in [0.5, 0.6) is 23.0 Å². The minimum Gasteiger partial charge on any atom is -0.490 e. The number of halogens is 1. The van der Waals surface area contributed by atoms with E-state index in [1.807, 2.05) is 48.5 Å². The molecule has 16 rings (SSSR count). The Hall–Kier alpha value is -12.4. The molecule has 11 aliphatic heterocycles. The number of nitrogens with zero attached hydrogens (tertiary/aromatic N) is 5. The molecule has 129 heavy (non-hydrogen) atoms. The van der Waals surface area contributed by atoms with Gasteiger partial charge in [0.05, 0.1) is 67.3 Å². The van der Waals surface area contributed by atoms with Gasteiger partial charge in [-0.2, -0.15) is 0 Å². The lowest BCUT2D eigenvalue weighted by Gasteiger charge is -2.18. The Labute approximate surface area is 755 Å². The van der Waals surface area contributed by atoms with Crippen LogP contribution < -0.4 is 45.5 Å². The molecule has 690 valence electrons. The number of carbonyl (C=O) groups excluding carboxylic acids is 11. The zero-order valence-electron chi connectivity index (χ0n) is 72.4. The average molecular weight is 1820 g/mol. The molecule has 0 aliphatic carbocycles. The number of hydrogen-bond acceptors (Lipinski definition) is 32. The van der Waals surface area contributed by atoms with Crippen LogP contribution in [0.15, 0.2) is 135 Å². The number of benzene rings is 5. The van der Waals surface area contributed by atoms with Crippen LogP contribution >= 0.6 is 23.4 Å². The molecule has 5 aromatic carbocycles. The monoisotopic (exact) mass is 1820 g/mol. The lowest BCUT2D eigenvalue weighted by molar-refractivity contribution is -0.143. The summed E-state index contributed by atoms with van der Waals surface area (Å²) in [6.45, 7) is 26.2. The second kappa shape index (κ2) is 45.5. The van der Waals surface area contributed by atoms with Gasteiger partial charge in [0.1, 0.15) is 92.0 Å². The van der Waals surface area contributed by atoms with Crippen molar-refractivity contribution in [3.05, 3.63) is 202 Å². The van der Waals surface area contributed by atoms with Crippen molar-refractivity contribution in [3.63, 3.8) is 0 Å². The minimum absolute atomic E-state index is 0.149. The van der Waals surface area contributed by atoms with Gasteiger partial charge in [0, 0.05) is 131 Å². The van der Waals surface area contributed by atoms with Crippen LogP contribution in [-0.4, -0.2) is 252 Å². The lowest BCUT2D eigenvalue weighted by atomic mass is 10.0.